The van der Waals surface area contributed by atoms with Gasteiger partial charge in [0.25, 0.3) is 5.91 Å². The van der Waals surface area contributed by atoms with Crippen molar-refractivity contribution >= 4 is 11.9 Å². The molecule has 0 aliphatic carbocycles. The van der Waals surface area contributed by atoms with Crippen LogP contribution in [0.1, 0.15) is 55.2 Å². The first kappa shape index (κ1) is 17.7. The standard InChI is InChI=1S/C18H23N3O3/c1-12(13-5-7-15(8-6-13)18(2,3)4)20-17(24)14-9-19-21(10-14)11-16(22)23/h5-10,12H,11H2,1-4H3,(H,20,24)(H,22,23). The molecule has 0 bridgehead atoms. The molecule has 0 spiro atoms. The Morgan fingerprint density at radius 2 is 1.88 bits per heavy atom. The second kappa shape index (κ2) is 6.86. The minimum atomic E-state index is -1.00. The maximum absolute atomic E-state index is 12.2. The van der Waals surface area contributed by atoms with Crippen LogP contribution in [-0.2, 0) is 16.8 Å². The molecule has 2 rings (SSSR count). The molecule has 0 aliphatic heterocycles. The summed E-state index contributed by atoms with van der Waals surface area (Å²) in [7, 11) is 0. The highest BCUT2D eigenvalue weighted by atomic mass is 16.4. The van der Waals surface area contributed by atoms with E-state index in [-0.39, 0.29) is 23.9 Å². The van der Waals surface area contributed by atoms with Crippen molar-refractivity contribution in [3.8, 4) is 0 Å². The summed E-state index contributed by atoms with van der Waals surface area (Å²) in [5.41, 5.74) is 2.67. The molecule has 6 heteroatoms. The van der Waals surface area contributed by atoms with Crippen LogP contribution in [0, 0.1) is 0 Å². The zero-order valence-corrected chi connectivity index (χ0v) is 14.4. The average Bonchev–Trinajstić information content (AvgIpc) is 2.94. The lowest BCUT2D eigenvalue weighted by Crippen LogP contribution is -2.26. The van der Waals surface area contributed by atoms with Gasteiger partial charge in [-0.15, -0.1) is 0 Å². The molecule has 0 saturated heterocycles. The molecular weight excluding hydrogens is 306 g/mol. The number of aromatic nitrogens is 2. The van der Waals surface area contributed by atoms with Gasteiger partial charge in [-0.3, -0.25) is 14.3 Å². The van der Waals surface area contributed by atoms with E-state index in [2.05, 4.69) is 43.3 Å². The number of rotatable bonds is 5. The molecule has 0 saturated carbocycles. The third-order valence-electron chi connectivity index (χ3n) is 3.82. The molecule has 128 valence electrons. The normalized spacial score (nSPS) is 12.7. The first-order chi connectivity index (χ1) is 11.2. The van der Waals surface area contributed by atoms with E-state index < -0.39 is 5.97 Å². The molecule has 1 amide bonds. The number of nitrogens with zero attached hydrogens (tertiary/aromatic N) is 2. The van der Waals surface area contributed by atoms with E-state index in [0.717, 1.165) is 5.56 Å². The lowest BCUT2D eigenvalue weighted by Gasteiger charge is -2.20. The second-order valence-corrected chi connectivity index (χ2v) is 6.89. The van der Waals surface area contributed by atoms with E-state index >= 15 is 0 Å². The van der Waals surface area contributed by atoms with Crippen LogP contribution in [0.4, 0.5) is 0 Å². The quantitative estimate of drug-likeness (QED) is 0.883. The van der Waals surface area contributed by atoms with Crippen LogP contribution >= 0.6 is 0 Å². The maximum Gasteiger partial charge on any atom is 0.325 e. The zero-order chi connectivity index (χ0) is 17.9. The molecule has 1 atom stereocenters. The van der Waals surface area contributed by atoms with Gasteiger partial charge in [-0.25, -0.2) is 0 Å². The monoisotopic (exact) mass is 329 g/mol. The van der Waals surface area contributed by atoms with Gasteiger partial charge in [-0.05, 0) is 23.5 Å². The summed E-state index contributed by atoms with van der Waals surface area (Å²) in [6, 6.07) is 8.01. The molecule has 0 aliphatic rings. The minimum Gasteiger partial charge on any atom is -0.480 e. The Hall–Kier alpha value is -2.63. The van der Waals surface area contributed by atoms with Crippen molar-refractivity contribution < 1.29 is 14.7 Å². The van der Waals surface area contributed by atoms with Crippen molar-refractivity contribution in [3.63, 3.8) is 0 Å². The fourth-order valence-electron chi connectivity index (χ4n) is 2.34. The van der Waals surface area contributed by atoms with E-state index in [9.17, 15) is 9.59 Å². The van der Waals surface area contributed by atoms with Crippen molar-refractivity contribution in [2.75, 3.05) is 0 Å². The third kappa shape index (κ3) is 4.44. The van der Waals surface area contributed by atoms with Gasteiger partial charge in [0, 0.05) is 6.20 Å². The Labute approximate surface area is 141 Å². The topological polar surface area (TPSA) is 84.2 Å². The van der Waals surface area contributed by atoms with Crippen molar-refractivity contribution in [2.24, 2.45) is 0 Å². The van der Waals surface area contributed by atoms with Gasteiger partial charge in [-0.1, -0.05) is 45.0 Å². The summed E-state index contributed by atoms with van der Waals surface area (Å²) < 4.78 is 1.22. The first-order valence-electron chi connectivity index (χ1n) is 7.82. The minimum absolute atomic E-state index is 0.0870. The third-order valence-corrected chi connectivity index (χ3v) is 3.82. The predicted molar refractivity (Wildman–Crippen MR) is 90.9 cm³/mol. The molecule has 24 heavy (non-hydrogen) atoms. The maximum atomic E-state index is 12.2. The number of hydrogen-bond acceptors (Lipinski definition) is 3. The fourth-order valence-corrected chi connectivity index (χ4v) is 2.34. The van der Waals surface area contributed by atoms with Crippen LogP contribution in [0.5, 0.6) is 0 Å². The van der Waals surface area contributed by atoms with Gasteiger partial charge in [0.2, 0.25) is 0 Å². The van der Waals surface area contributed by atoms with Gasteiger partial charge in [0.15, 0.2) is 0 Å². The smallest absolute Gasteiger partial charge is 0.325 e. The van der Waals surface area contributed by atoms with Gasteiger partial charge in [0.05, 0.1) is 17.8 Å². The van der Waals surface area contributed by atoms with E-state index in [1.807, 2.05) is 19.1 Å². The molecule has 1 heterocycles. The number of benzene rings is 1. The predicted octanol–water partition coefficient (Wildman–Crippen LogP) is 2.76. The summed E-state index contributed by atoms with van der Waals surface area (Å²) in [5.74, 6) is -1.28. The molecule has 6 nitrogen and oxygen atoms in total. The van der Waals surface area contributed by atoms with Gasteiger partial charge in [-0.2, -0.15) is 5.10 Å². The van der Waals surface area contributed by atoms with E-state index in [1.165, 1.54) is 22.6 Å². The summed E-state index contributed by atoms with van der Waals surface area (Å²) >= 11 is 0. The Balaban J connectivity index is 2.03. The van der Waals surface area contributed by atoms with Gasteiger partial charge >= 0.3 is 5.97 Å². The number of amides is 1. The van der Waals surface area contributed by atoms with Crippen molar-refractivity contribution in [1.29, 1.82) is 0 Å². The van der Waals surface area contributed by atoms with Crippen LogP contribution in [-0.4, -0.2) is 26.8 Å². The summed E-state index contributed by atoms with van der Waals surface area (Å²) in [4.78, 5) is 22.9. The van der Waals surface area contributed by atoms with E-state index in [4.69, 9.17) is 5.11 Å². The average molecular weight is 329 g/mol. The number of carboxylic acids is 1. The molecule has 1 unspecified atom stereocenters. The van der Waals surface area contributed by atoms with Crippen molar-refractivity contribution in [3.05, 3.63) is 53.3 Å². The number of carbonyl (C=O) groups is 2. The second-order valence-electron chi connectivity index (χ2n) is 6.89. The summed E-state index contributed by atoms with van der Waals surface area (Å²) in [5, 5.41) is 15.5. The van der Waals surface area contributed by atoms with E-state index in [1.54, 1.807) is 0 Å². The molecule has 1 aromatic heterocycles. The van der Waals surface area contributed by atoms with Crippen molar-refractivity contribution in [1.82, 2.24) is 15.1 Å². The molecule has 2 aromatic rings. The van der Waals surface area contributed by atoms with E-state index in [0.29, 0.717) is 5.56 Å². The van der Waals surface area contributed by atoms with Crippen LogP contribution in [0.2, 0.25) is 0 Å². The molecule has 1 aromatic carbocycles. The molecule has 2 N–H and O–H groups in total. The highest BCUT2D eigenvalue weighted by Gasteiger charge is 2.16. The SMILES string of the molecule is CC(NC(=O)c1cnn(CC(=O)O)c1)c1ccc(C(C)(C)C)cc1. The summed E-state index contributed by atoms with van der Waals surface area (Å²) in [6.45, 7) is 8.11. The lowest BCUT2D eigenvalue weighted by molar-refractivity contribution is -0.137. The summed E-state index contributed by atoms with van der Waals surface area (Å²) in [6.07, 6.45) is 2.80. The lowest BCUT2D eigenvalue weighted by atomic mass is 9.86. The van der Waals surface area contributed by atoms with Crippen LogP contribution in [0.3, 0.4) is 0 Å². The first-order valence-corrected chi connectivity index (χ1v) is 7.82. The molecular formula is C18H23N3O3. The number of hydrogen-bond donors (Lipinski definition) is 2. The number of carbonyl (C=O) groups excluding carboxylic acids is 1. The van der Waals surface area contributed by atoms with Crippen LogP contribution in [0.25, 0.3) is 0 Å². The number of carboxylic acid groups (broad SMARTS) is 1. The number of aliphatic carboxylic acids is 1. The van der Waals surface area contributed by atoms with Crippen LogP contribution < -0.4 is 5.32 Å². The van der Waals surface area contributed by atoms with Gasteiger partial charge < -0.3 is 10.4 Å². The number of nitrogens with one attached hydrogen (secondary N) is 1. The van der Waals surface area contributed by atoms with Crippen LogP contribution in [0.15, 0.2) is 36.7 Å². The largest absolute Gasteiger partial charge is 0.480 e. The van der Waals surface area contributed by atoms with Gasteiger partial charge in [0.1, 0.15) is 6.54 Å². The molecule has 0 radical (unpaired) electrons. The highest BCUT2D eigenvalue weighted by Crippen LogP contribution is 2.24. The Bertz CT molecular complexity index is 727. The molecule has 0 fully saturated rings. The Kier molecular flexibility index (Phi) is 5.07. The zero-order valence-electron chi connectivity index (χ0n) is 14.4. The Morgan fingerprint density at radius 1 is 1.25 bits per heavy atom. The van der Waals surface area contributed by atoms with Crippen molar-refractivity contribution in [2.45, 2.75) is 45.7 Å². The highest BCUT2D eigenvalue weighted by molar-refractivity contribution is 5.94. The Morgan fingerprint density at radius 3 is 2.42 bits per heavy atom. The fraction of sp³-hybridized carbons (Fsp3) is 0.389.